The van der Waals surface area contributed by atoms with Crippen LogP contribution in [0.1, 0.15) is 23.5 Å². The highest BCUT2D eigenvalue weighted by Gasteiger charge is 2.05. The summed E-state index contributed by atoms with van der Waals surface area (Å²) in [6.07, 6.45) is 2.70. The highest BCUT2D eigenvalue weighted by atomic mass is 16.5. The Hall–Kier alpha value is -1.06. The van der Waals surface area contributed by atoms with Crippen molar-refractivity contribution in [2.45, 2.75) is 26.5 Å². The lowest BCUT2D eigenvalue weighted by Crippen LogP contribution is -1.95. The predicted octanol–water partition coefficient (Wildman–Crippen LogP) is 2.14. The Morgan fingerprint density at radius 1 is 1.64 bits per heavy atom. The van der Waals surface area contributed by atoms with Crippen LogP contribution in [0, 0.1) is 6.92 Å². The SMILES string of the molecule is C=CCCOCc1cc(CN)c(C)o1. The largest absolute Gasteiger partial charge is 0.464 e. The summed E-state index contributed by atoms with van der Waals surface area (Å²) in [5, 5.41) is 0. The normalized spacial score (nSPS) is 10.4. The van der Waals surface area contributed by atoms with Crippen molar-refractivity contribution in [3.05, 3.63) is 35.8 Å². The van der Waals surface area contributed by atoms with E-state index in [0.29, 0.717) is 19.8 Å². The van der Waals surface area contributed by atoms with Crippen molar-refractivity contribution in [3.63, 3.8) is 0 Å². The Kier molecular flexibility index (Phi) is 4.43. The quantitative estimate of drug-likeness (QED) is 0.559. The van der Waals surface area contributed by atoms with Crippen molar-refractivity contribution in [1.82, 2.24) is 0 Å². The molecule has 0 fully saturated rings. The first-order chi connectivity index (χ1) is 6.77. The van der Waals surface area contributed by atoms with Gasteiger partial charge in [0.25, 0.3) is 0 Å². The van der Waals surface area contributed by atoms with E-state index in [1.807, 2.05) is 19.1 Å². The van der Waals surface area contributed by atoms with E-state index in [4.69, 9.17) is 14.9 Å². The second kappa shape index (κ2) is 5.62. The molecule has 3 nitrogen and oxygen atoms in total. The van der Waals surface area contributed by atoms with Crippen molar-refractivity contribution in [3.8, 4) is 0 Å². The maximum atomic E-state index is 5.53. The lowest BCUT2D eigenvalue weighted by Gasteiger charge is -1.98. The van der Waals surface area contributed by atoms with E-state index in [1.165, 1.54) is 0 Å². The van der Waals surface area contributed by atoms with Crippen molar-refractivity contribution in [1.29, 1.82) is 0 Å². The number of nitrogens with two attached hydrogens (primary N) is 1. The number of rotatable bonds is 6. The molecule has 78 valence electrons. The molecule has 0 aliphatic heterocycles. The second-order valence-electron chi connectivity index (χ2n) is 3.13. The van der Waals surface area contributed by atoms with Gasteiger partial charge in [-0.25, -0.2) is 0 Å². The molecule has 0 saturated carbocycles. The smallest absolute Gasteiger partial charge is 0.130 e. The zero-order chi connectivity index (χ0) is 10.4. The van der Waals surface area contributed by atoms with Crippen LogP contribution in [0.25, 0.3) is 0 Å². The van der Waals surface area contributed by atoms with E-state index >= 15 is 0 Å². The molecule has 0 radical (unpaired) electrons. The average molecular weight is 195 g/mol. The fourth-order valence-corrected chi connectivity index (χ4v) is 1.20. The molecule has 1 rings (SSSR count). The van der Waals surface area contributed by atoms with E-state index in [0.717, 1.165) is 23.5 Å². The molecule has 1 heterocycles. The van der Waals surface area contributed by atoms with Crippen LogP contribution in [0.15, 0.2) is 23.1 Å². The number of hydrogen-bond donors (Lipinski definition) is 1. The predicted molar refractivity (Wildman–Crippen MR) is 55.8 cm³/mol. The third-order valence-corrected chi connectivity index (χ3v) is 2.00. The van der Waals surface area contributed by atoms with Gasteiger partial charge >= 0.3 is 0 Å². The number of furan rings is 1. The highest BCUT2D eigenvalue weighted by molar-refractivity contribution is 5.19. The lowest BCUT2D eigenvalue weighted by molar-refractivity contribution is 0.109. The third kappa shape index (κ3) is 3.01. The van der Waals surface area contributed by atoms with Crippen molar-refractivity contribution >= 4 is 0 Å². The maximum Gasteiger partial charge on any atom is 0.130 e. The average Bonchev–Trinajstić information content (AvgIpc) is 2.54. The van der Waals surface area contributed by atoms with Crippen molar-refractivity contribution in [2.24, 2.45) is 5.73 Å². The van der Waals surface area contributed by atoms with Gasteiger partial charge in [0.05, 0.1) is 6.61 Å². The van der Waals surface area contributed by atoms with E-state index in [9.17, 15) is 0 Å². The number of ether oxygens (including phenoxy) is 1. The van der Waals surface area contributed by atoms with Gasteiger partial charge in [0.2, 0.25) is 0 Å². The molecule has 0 aliphatic carbocycles. The van der Waals surface area contributed by atoms with Crippen LogP contribution in [-0.2, 0) is 17.9 Å². The Morgan fingerprint density at radius 3 is 3.00 bits per heavy atom. The Balaban J connectivity index is 2.39. The van der Waals surface area contributed by atoms with Gasteiger partial charge in [0.1, 0.15) is 18.1 Å². The van der Waals surface area contributed by atoms with Gasteiger partial charge in [-0.2, -0.15) is 0 Å². The fourth-order valence-electron chi connectivity index (χ4n) is 1.20. The Labute approximate surface area is 84.5 Å². The van der Waals surface area contributed by atoms with Gasteiger partial charge in [-0.05, 0) is 19.4 Å². The van der Waals surface area contributed by atoms with Crippen LogP contribution in [0.2, 0.25) is 0 Å². The first-order valence-electron chi connectivity index (χ1n) is 4.74. The molecule has 0 aromatic carbocycles. The second-order valence-corrected chi connectivity index (χ2v) is 3.13. The standard InChI is InChI=1S/C11H17NO2/c1-3-4-5-13-8-11-6-10(7-12)9(2)14-11/h3,6H,1,4-5,7-8,12H2,2H3. The van der Waals surface area contributed by atoms with E-state index < -0.39 is 0 Å². The van der Waals surface area contributed by atoms with Crippen LogP contribution in [0.5, 0.6) is 0 Å². The summed E-state index contributed by atoms with van der Waals surface area (Å²) in [6.45, 7) is 7.24. The summed E-state index contributed by atoms with van der Waals surface area (Å²) < 4.78 is 10.8. The molecule has 0 unspecified atom stereocenters. The third-order valence-electron chi connectivity index (χ3n) is 2.00. The molecule has 0 spiro atoms. The fraction of sp³-hybridized carbons (Fsp3) is 0.455. The van der Waals surface area contributed by atoms with Crippen LogP contribution in [0.4, 0.5) is 0 Å². The first kappa shape index (κ1) is 11.0. The van der Waals surface area contributed by atoms with Gasteiger partial charge in [-0.3, -0.25) is 0 Å². The topological polar surface area (TPSA) is 48.4 Å². The summed E-state index contributed by atoms with van der Waals surface area (Å²) in [5.41, 5.74) is 6.57. The van der Waals surface area contributed by atoms with Crippen molar-refractivity contribution < 1.29 is 9.15 Å². The van der Waals surface area contributed by atoms with Gasteiger partial charge in [-0.1, -0.05) is 6.08 Å². The Morgan fingerprint density at radius 2 is 2.43 bits per heavy atom. The summed E-state index contributed by atoms with van der Waals surface area (Å²) in [5.74, 6) is 1.72. The summed E-state index contributed by atoms with van der Waals surface area (Å²) >= 11 is 0. The molecule has 3 heteroatoms. The van der Waals surface area contributed by atoms with E-state index in [2.05, 4.69) is 6.58 Å². The van der Waals surface area contributed by atoms with Crippen LogP contribution >= 0.6 is 0 Å². The number of hydrogen-bond acceptors (Lipinski definition) is 3. The highest BCUT2D eigenvalue weighted by Crippen LogP contribution is 2.14. The summed E-state index contributed by atoms with van der Waals surface area (Å²) in [7, 11) is 0. The molecule has 0 atom stereocenters. The molecule has 1 aromatic rings. The molecule has 0 aliphatic rings. The van der Waals surface area contributed by atoms with Crippen molar-refractivity contribution in [2.75, 3.05) is 6.61 Å². The minimum Gasteiger partial charge on any atom is -0.464 e. The molecule has 0 saturated heterocycles. The van der Waals surface area contributed by atoms with Crippen LogP contribution in [0.3, 0.4) is 0 Å². The molecule has 0 bridgehead atoms. The molecular weight excluding hydrogens is 178 g/mol. The van der Waals surface area contributed by atoms with E-state index in [-0.39, 0.29) is 0 Å². The molecule has 1 aromatic heterocycles. The lowest BCUT2D eigenvalue weighted by atomic mass is 10.2. The summed E-state index contributed by atoms with van der Waals surface area (Å²) in [4.78, 5) is 0. The van der Waals surface area contributed by atoms with Gasteiger partial charge in [0.15, 0.2) is 0 Å². The number of aryl methyl sites for hydroxylation is 1. The van der Waals surface area contributed by atoms with Gasteiger partial charge in [-0.15, -0.1) is 6.58 Å². The minimum absolute atomic E-state index is 0.509. The van der Waals surface area contributed by atoms with Crippen LogP contribution < -0.4 is 5.73 Å². The zero-order valence-corrected chi connectivity index (χ0v) is 8.58. The van der Waals surface area contributed by atoms with Gasteiger partial charge in [0, 0.05) is 12.1 Å². The zero-order valence-electron chi connectivity index (χ0n) is 8.58. The molecule has 0 amide bonds. The summed E-state index contributed by atoms with van der Waals surface area (Å²) in [6, 6.07) is 1.95. The first-order valence-corrected chi connectivity index (χ1v) is 4.74. The Bertz CT molecular complexity index is 291. The molecule has 2 N–H and O–H groups in total. The minimum atomic E-state index is 0.509. The van der Waals surface area contributed by atoms with Crippen LogP contribution in [-0.4, -0.2) is 6.61 Å². The molecular formula is C11H17NO2. The van der Waals surface area contributed by atoms with Gasteiger partial charge < -0.3 is 14.9 Å². The van der Waals surface area contributed by atoms with E-state index in [1.54, 1.807) is 0 Å². The maximum absolute atomic E-state index is 5.53. The molecule has 14 heavy (non-hydrogen) atoms. The monoisotopic (exact) mass is 195 g/mol.